The van der Waals surface area contributed by atoms with E-state index in [4.69, 9.17) is 9.47 Å². The van der Waals surface area contributed by atoms with E-state index in [0.717, 1.165) is 18.7 Å². The minimum absolute atomic E-state index is 0.0492. The van der Waals surface area contributed by atoms with Crippen molar-refractivity contribution in [3.63, 3.8) is 0 Å². The van der Waals surface area contributed by atoms with Crippen molar-refractivity contribution in [1.29, 1.82) is 0 Å². The van der Waals surface area contributed by atoms with E-state index in [9.17, 15) is 17.2 Å². The molecule has 4 heterocycles. The minimum atomic E-state index is -4.06. The molecule has 0 bridgehead atoms. The van der Waals surface area contributed by atoms with Crippen LogP contribution in [0.15, 0.2) is 59.5 Å². The second kappa shape index (κ2) is 11.6. The van der Waals surface area contributed by atoms with E-state index in [1.54, 1.807) is 48.5 Å². The standard InChI is InChI=1S/C27H29F2N7O4S/c28-25(29)26-30-21-3-1-2-4-22(21)36(26)24-17-23(31-27(32-24)35-11-15-40-16-12-35)33-41(37,38)20-7-5-19(6-8-20)18-34-9-13-39-14-10-34/h1-8,17,25H,9-16,18H2,(H,31,32,33). The van der Waals surface area contributed by atoms with Gasteiger partial charge in [0, 0.05) is 38.8 Å². The number of rotatable bonds is 8. The number of anilines is 2. The fourth-order valence-electron chi connectivity index (χ4n) is 4.91. The molecule has 0 radical (unpaired) electrons. The van der Waals surface area contributed by atoms with Crippen molar-refractivity contribution >= 4 is 32.8 Å². The molecule has 0 amide bonds. The molecule has 2 fully saturated rings. The third kappa shape index (κ3) is 6.00. The van der Waals surface area contributed by atoms with Crippen molar-refractivity contribution in [2.75, 3.05) is 62.2 Å². The van der Waals surface area contributed by atoms with E-state index in [0.29, 0.717) is 57.1 Å². The number of benzene rings is 2. The van der Waals surface area contributed by atoms with E-state index in [1.807, 2.05) is 4.90 Å². The predicted octanol–water partition coefficient (Wildman–Crippen LogP) is 3.22. The summed E-state index contributed by atoms with van der Waals surface area (Å²) in [5, 5.41) is 0. The number of halogens is 2. The summed E-state index contributed by atoms with van der Waals surface area (Å²) in [5.74, 6) is -0.277. The molecular weight excluding hydrogens is 556 g/mol. The van der Waals surface area contributed by atoms with Crippen LogP contribution in [0.4, 0.5) is 20.5 Å². The Hall–Kier alpha value is -3.72. The molecule has 0 aliphatic carbocycles. The summed E-state index contributed by atoms with van der Waals surface area (Å²) in [6.07, 6.45) is -2.89. The van der Waals surface area contributed by atoms with E-state index < -0.39 is 22.3 Å². The van der Waals surface area contributed by atoms with Gasteiger partial charge in [0.05, 0.1) is 42.4 Å². The molecule has 0 unspecified atom stereocenters. The Kier molecular flexibility index (Phi) is 7.79. The Morgan fingerprint density at radius 1 is 0.878 bits per heavy atom. The van der Waals surface area contributed by atoms with Gasteiger partial charge in [0.15, 0.2) is 5.82 Å². The number of para-hydroxylation sites is 2. The number of alkyl halides is 2. The Morgan fingerprint density at radius 3 is 2.27 bits per heavy atom. The van der Waals surface area contributed by atoms with Crippen LogP contribution in [0.25, 0.3) is 16.9 Å². The van der Waals surface area contributed by atoms with Crippen molar-refractivity contribution in [1.82, 2.24) is 24.4 Å². The maximum Gasteiger partial charge on any atom is 0.296 e. The number of ether oxygens (including phenoxy) is 2. The second-order valence-corrected chi connectivity index (χ2v) is 11.4. The van der Waals surface area contributed by atoms with Crippen LogP contribution in [0, 0.1) is 0 Å². The highest BCUT2D eigenvalue weighted by molar-refractivity contribution is 7.92. The van der Waals surface area contributed by atoms with Gasteiger partial charge < -0.3 is 14.4 Å². The summed E-state index contributed by atoms with van der Waals surface area (Å²) in [6.45, 7) is 5.49. The third-order valence-corrected chi connectivity index (χ3v) is 8.36. The van der Waals surface area contributed by atoms with Crippen LogP contribution in [0.5, 0.6) is 0 Å². The molecule has 2 saturated heterocycles. The Labute approximate surface area is 235 Å². The first kappa shape index (κ1) is 27.4. The Bertz CT molecular complexity index is 1620. The molecule has 2 aliphatic rings. The summed E-state index contributed by atoms with van der Waals surface area (Å²) in [7, 11) is -4.06. The SMILES string of the molecule is O=S(=O)(Nc1cc(-n2c(C(F)F)nc3ccccc32)nc(N2CCOCC2)n1)c1ccc(CN2CCOCC2)cc1. The topological polar surface area (TPSA) is 115 Å². The maximum absolute atomic E-state index is 14.1. The van der Waals surface area contributed by atoms with Gasteiger partial charge in [0.1, 0.15) is 11.6 Å². The van der Waals surface area contributed by atoms with E-state index in [-0.39, 0.29) is 22.5 Å². The lowest BCUT2D eigenvalue weighted by atomic mass is 10.2. The third-order valence-electron chi connectivity index (χ3n) is 6.99. The van der Waals surface area contributed by atoms with Gasteiger partial charge >= 0.3 is 0 Å². The smallest absolute Gasteiger partial charge is 0.296 e. The lowest BCUT2D eigenvalue weighted by molar-refractivity contribution is 0.0342. The number of morpholine rings is 2. The molecule has 6 rings (SSSR count). The van der Waals surface area contributed by atoms with Crippen LogP contribution < -0.4 is 9.62 Å². The van der Waals surface area contributed by atoms with Crippen LogP contribution >= 0.6 is 0 Å². The zero-order valence-corrected chi connectivity index (χ0v) is 22.9. The monoisotopic (exact) mass is 585 g/mol. The highest BCUT2D eigenvalue weighted by Crippen LogP contribution is 2.29. The molecule has 2 aromatic carbocycles. The van der Waals surface area contributed by atoms with Gasteiger partial charge in [-0.2, -0.15) is 9.97 Å². The number of nitrogens with one attached hydrogen (secondary N) is 1. The predicted molar refractivity (Wildman–Crippen MR) is 148 cm³/mol. The van der Waals surface area contributed by atoms with Crippen molar-refractivity contribution in [2.24, 2.45) is 0 Å². The molecule has 14 heteroatoms. The van der Waals surface area contributed by atoms with Crippen LogP contribution in [0.3, 0.4) is 0 Å². The van der Waals surface area contributed by atoms with Gasteiger partial charge in [0.2, 0.25) is 5.95 Å². The molecule has 1 N–H and O–H groups in total. The summed E-state index contributed by atoms with van der Waals surface area (Å²) in [6, 6.07) is 14.7. The highest BCUT2D eigenvalue weighted by atomic mass is 32.2. The summed E-state index contributed by atoms with van der Waals surface area (Å²) in [4.78, 5) is 17.2. The minimum Gasteiger partial charge on any atom is -0.379 e. The van der Waals surface area contributed by atoms with Crippen molar-refractivity contribution in [3.05, 3.63) is 66.0 Å². The van der Waals surface area contributed by atoms with Gasteiger partial charge in [-0.3, -0.25) is 14.2 Å². The maximum atomic E-state index is 14.1. The average molecular weight is 586 g/mol. The van der Waals surface area contributed by atoms with Crippen LogP contribution in [-0.4, -0.2) is 85.4 Å². The number of hydrogen-bond acceptors (Lipinski definition) is 9. The lowest BCUT2D eigenvalue weighted by Crippen LogP contribution is -2.37. The van der Waals surface area contributed by atoms with Gasteiger partial charge in [-0.05, 0) is 29.8 Å². The molecule has 0 saturated carbocycles. The number of fused-ring (bicyclic) bond motifs is 1. The van der Waals surface area contributed by atoms with E-state index in [1.165, 1.54) is 10.6 Å². The molecule has 216 valence electrons. The highest BCUT2D eigenvalue weighted by Gasteiger charge is 2.25. The first-order valence-electron chi connectivity index (χ1n) is 13.3. The number of nitrogens with zero attached hydrogens (tertiary/aromatic N) is 6. The fraction of sp³-hybridized carbons (Fsp3) is 0.370. The van der Waals surface area contributed by atoms with Crippen LogP contribution in [0.1, 0.15) is 17.8 Å². The van der Waals surface area contributed by atoms with E-state index >= 15 is 0 Å². The number of imidazole rings is 1. The normalized spacial score (nSPS) is 16.9. The van der Waals surface area contributed by atoms with Crippen molar-refractivity contribution in [3.8, 4) is 5.82 Å². The number of sulfonamides is 1. The number of aromatic nitrogens is 4. The van der Waals surface area contributed by atoms with Gasteiger partial charge in [-0.15, -0.1) is 0 Å². The molecule has 0 spiro atoms. The van der Waals surface area contributed by atoms with E-state index in [2.05, 4.69) is 24.6 Å². The van der Waals surface area contributed by atoms with Crippen molar-refractivity contribution in [2.45, 2.75) is 17.9 Å². The first-order valence-corrected chi connectivity index (χ1v) is 14.8. The molecule has 4 aromatic rings. The molecule has 41 heavy (non-hydrogen) atoms. The van der Waals surface area contributed by atoms with Crippen molar-refractivity contribution < 1.29 is 26.7 Å². The zero-order chi connectivity index (χ0) is 28.4. The fourth-order valence-corrected chi connectivity index (χ4v) is 5.91. The average Bonchev–Trinajstić information content (AvgIpc) is 3.38. The quantitative estimate of drug-likeness (QED) is 0.333. The molecule has 0 atom stereocenters. The van der Waals surface area contributed by atoms with Gasteiger partial charge in [0.25, 0.3) is 16.4 Å². The van der Waals surface area contributed by atoms with Crippen LogP contribution in [-0.2, 0) is 26.0 Å². The lowest BCUT2D eigenvalue weighted by Gasteiger charge is -2.27. The molecule has 11 nitrogen and oxygen atoms in total. The first-order chi connectivity index (χ1) is 19.9. The Morgan fingerprint density at radius 2 is 1.56 bits per heavy atom. The second-order valence-electron chi connectivity index (χ2n) is 9.74. The summed E-state index contributed by atoms with van der Waals surface area (Å²) >= 11 is 0. The number of hydrogen-bond donors (Lipinski definition) is 1. The summed E-state index contributed by atoms with van der Waals surface area (Å²) < 4.78 is 69.6. The zero-order valence-electron chi connectivity index (χ0n) is 22.1. The summed E-state index contributed by atoms with van der Waals surface area (Å²) in [5.41, 5.74) is 1.77. The van der Waals surface area contributed by atoms with Gasteiger partial charge in [-0.25, -0.2) is 22.2 Å². The molecule has 2 aliphatic heterocycles. The molecular formula is C27H29F2N7O4S. The largest absolute Gasteiger partial charge is 0.379 e. The molecule has 2 aromatic heterocycles. The Balaban J connectivity index is 1.35. The van der Waals surface area contributed by atoms with Gasteiger partial charge in [-0.1, -0.05) is 24.3 Å². The van der Waals surface area contributed by atoms with Crippen LogP contribution in [0.2, 0.25) is 0 Å².